The monoisotopic (exact) mass is 325 g/mol. The van der Waals surface area contributed by atoms with Gasteiger partial charge in [0.05, 0.1) is 5.69 Å². The van der Waals surface area contributed by atoms with E-state index in [4.69, 9.17) is 16.2 Å². The predicted octanol–water partition coefficient (Wildman–Crippen LogP) is 2.47. The lowest BCUT2D eigenvalue weighted by atomic mass is 9.90. The Morgan fingerprint density at radius 2 is 2.21 bits per heavy atom. The van der Waals surface area contributed by atoms with Gasteiger partial charge in [-0.1, -0.05) is 0 Å². The van der Waals surface area contributed by atoms with Gasteiger partial charge in [-0.15, -0.1) is 0 Å². The molecule has 19 heavy (non-hydrogen) atoms. The standard InChI is InChI=1S/C14H20BrN3O/c15-12-9-10(14(16)17)5-6-13(12)18(7-2-8-19)11-3-1-4-11/h5-6,9,11,19H,1-4,7-8H2,(H3,16,17). The first-order chi connectivity index (χ1) is 9.13. The van der Waals surface area contributed by atoms with Crippen molar-refractivity contribution in [2.45, 2.75) is 31.7 Å². The van der Waals surface area contributed by atoms with Gasteiger partial charge < -0.3 is 15.7 Å². The molecule has 1 aromatic carbocycles. The smallest absolute Gasteiger partial charge is 0.122 e. The lowest BCUT2D eigenvalue weighted by Gasteiger charge is -2.40. The van der Waals surface area contributed by atoms with Crippen molar-refractivity contribution in [1.29, 1.82) is 5.41 Å². The van der Waals surface area contributed by atoms with Crippen molar-refractivity contribution >= 4 is 27.5 Å². The molecule has 5 heteroatoms. The minimum absolute atomic E-state index is 0.0813. The number of hydrogen-bond acceptors (Lipinski definition) is 3. The van der Waals surface area contributed by atoms with E-state index in [-0.39, 0.29) is 12.4 Å². The molecule has 0 aromatic heterocycles. The zero-order valence-electron chi connectivity index (χ0n) is 10.9. The van der Waals surface area contributed by atoms with Crippen molar-refractivity contribution in [3.8, 4) is 0 Å². The summed E-state index contributed by atoms with van der Waals surface area (Å²) in [6, 6.07) is 6.36. The Morgan fingerprint density at radius 3 is 2.68 bits per heavy atom. The summed E-state index contributed by atoms with van der Waals surface area (Å²) in [4.78, 5) is 2.35. The molecule has 1 fully saturated rings. The maximum Gasteiger partial charge on any atom is 0.122 e. The average Bonchev–Trinajstić information content (AvgIpc) is 2.32. The molecule has 4 nitrogen and oxygen atoms in total. The minimum atomic E-state index is 0.0813. The number of benzene rings is 1. The molecule has 0 spiro atoms. The van der Waals surface area contributed by atoms with E-state index < -0.39 is 0 Å². The third-order valence-corrected chi connectivity index (χ3v) is 4.28. The molecule has 0 radical (unpaired) electrons. The highest BCUT2D eigenvalue weighted by Gasteiger charge is 2.26. The van der Waals surface area contributed by atoms with Crippen LogP contribution >= 0.6 is 15.9 Å². The van der Waals surface area contributed by atoms with E-state index in [0.717, 1.165) is 28.7 Å². The van der Waals surface area contributed by atoms with Crippen molar-refractivity contribution in [2.24, 2.45) is 5.73 Å². The number of halogens is 1. The third kappa shape index (κ3) is 3.28. The van der Waals surface area contributed by atoms with Crippen LogP contribution in [0.15, 0.2) is 22.7 Å². The molecule has 4 N–H and O–H groups in total. The molecule has 1 aliphatic rings. The summed E-state index contributed by atoms with van der Waals surface area (Å²) >= 11 is 3.57. The van der Waals surface area contributed by atoms with Crippen molar-refractivity contribution in [3.05, 3.63) is 28.2 Å². The maximum atomic E-state index is 9.04. The molecule has 0 bridgehead atoms. The number of anilines is 1. The number of nitrogens with one attached hydrogen (secondary N) is 1. The summed E-state index contributed by atoms with van der Waals surface area (Å²) < 4.78 is 0.963. The third-order valence-electron chi connectivity index (χ3n) is 3.64. The van der Waals surface area contributed by atoms with Gasteiger partial charge in [0.25, 0.3) is 0 Å². The zero-order valence-corrected chi connectivity index (χ0v) is 12.5. The maximum absolute atomic E-state index is 9.04. The van der Waals surface area contributed by atoms with Gasteiger partial charge in [-0.2, -0.15) is 0 Å². The van der Waals surface area contributed by atoms with Crippen LogP contribution < -0.4 is 10.6 Å². The summed E-state index contributed by atoms with van der Waals surface area (Å²) in [6.45, 7) is 1.07. The normalized spacial score (nSPS) is 15.1. The average molecular weight is 326 g/mol. The second kappa shape index (κ2) is 6.39. The van der Waals surface area contributed by atoms with Crippen molar-refractivity contribution in [2.75, 3.05) is 18.1 Å². The molecule has 0 heterocycles. The van der Waals surface area contributed by atoms with Crippen LogP contribution in [-0.4, -0.2) is 30.1 Å². The number of aliphatic hydroxyl groups excluding tert-OH is 1. The number of amidine groups is 1. The van der Waals surface area contributed by atoms with E-state index >= 15 is 0 Å². The van der Waals surface area contributed by atoms with Gasteiger partial charge in [0.15, 0.2) is 0 Å². The Balaban J connectivity index is 2.22. The Bertz CT molecular complexity index is 460. The molecule has 0 unspecified atom stereocenters. The molecule has 2 rings (SSSR count). The highest BCUT2D eigenvalue weighted by atomic mass is 79.9. The van der Waals surface area contributed by atoms with Crippen LogP contribution in [0.3, 0.4) is 0 Å². The van der Waals surface area contributed by atoms with Crippen LogP contribution in [0, 0.1) is 5.41 Å². The number of aliphatic hydroxyl groups is 1. The molecule has 1 aromatic rings. The van der Waals surface area contributed by atoms with Crippen molar-refractivity contribution in [1.82, 2.24) is 0 Å². The minimum Gasteiger partial charge on any atom is -0.396 e. The fourth-order valence-corrected chi connectivity index (χ4v) is 2.95. The Kier molecular flexibility index (Phi) is 4.82. The first-order valence-electron chi connectivity index (χ1n) is 6.65. The van der Waals surface area contributed by atoms with Crippen LogP contribution in [0.1, 0.15) is 31.2 Å². The molecule has 1 saturated carbocycles. The quantitative estimate of drug-likeness (QED) is 0.555. The Hall–Kier alpha value is -1.07. The van der Waals surface area contributed by atoms with Crippen molar-refractivity contribution < 1.29 is 5.11 Å². The van der Waals surface area contributed by atoms with Gasteiger partial charge >= 0.3 is 0 Å². The molecule has 0 saturated heterocycles. The van der Waals surface area contributed by atoms with Gasteiger partial charge in [-0.3, -0.25) is 5.41 Å². The first kappa shape index (κ1) is 14.3. The molecule has 0 aliphatic heterocycles. The van der Waals surface area contributed by atoms with Crippen molar-refractivity contribution in [3.63, 3.8) is 0 Å². The second-order valence-corrected chi connectivity index (χ2v) is 5.79. The van der Waals surface area contributed by atoms with Crippen LogP contribution in [-0.2, 0) is 0 Å². The Morgan fingerprint density at radius 1 is 1.47 bits per heavy atom. The predicted molar refractivity (Wildman–Crippen MR) is 81.8 cm³/mol. The van der Waals surface area contributed by atoms with Crippen LogP contribution in [0.5, 0.6) is 0 Å². The highest BCUT2D eigenvalue weighted by Crippen LogP contribution is 2.34. The topological polar surface area (TPSA) is 73.3 Å². The zero-order chi connectivity index (χ0) is 13.8. The molecule has 1 aliphatic carbocycles. The van der Waals surface area contributed by atoms with Gasteiger partial charge in [0, 0.05) is 29.2 Å². The first-order valence-corrected chi connectivity index (χ1v) is 7.44. The van der Waals surface area contributed by atoms with Crippen LogP contribution in [0.4, 0.5) is 5.69 Å². The number of nitrogens with zero attached hydrogens (tertiary/aromatic N) is 1. The summed E-state index contributed by atoms with van der Waals surface area (Å²) in [6.07, 6.45) is 4.49. The fourth-order valence-electron chi connectivity index (χ4n) is 2.35. The van der Waals surface area contributed by atoms with E-state index in [0.29, 0.717) is 6.04 Å². The Labute approximate surface area is 122 Å². The molecule has 0 atom stereocenters. The highest BCUT2D eigenvalue weighted by molar-refractivity contribution is 9.10. The van der Waals surface area contributed by atoms with Gasteiger partial charge in [-0.25, -0.2) is 0 Å². The molecular weight excluding hydrogens is 306 g/mol. The summed E-state index contributed by atoms with van der Waals surface area (Å²) in [5.74, 6) is 0.0813. The molecule has 104 valence electrons. The number of nitrogens with two attached hydrogens (primary N) is 1. The summed E-state index contributed by atoms with van der Waals surface area (Å²) in [5, 5.41) is 16.5. The number of nitrogen functional groups attached to an aromatic ring is 1. The van der Waals surface area contributed by atoms with Crippen LogP contribution in [0.25, 0.3) is 0 Å². The van der Waals surface area contributed by atoms with Crippen LogP contribution in [0.2, 0.25) is 0 Å². The lowest BCUT2D eigenvalue weighted by molar-refractivity contribution is 0.283. The number of hydrogen-bond donors (Lipinski definition) is 3. The summed E-state index contributed by atoms with van der Waals surface area (Å²) in [5.41, 5.74) is 7.36. The summed E-state index contributed by atoms with van der Waals surface area (Å²) in [7, 11) is 0. The molecule has 0 amide bonds. The van der Waals surface area contributed by atoms with Gasteiger partial charge in [0.1, 0.15) is 5.84 Å². The van der Waals surface area contributed by atoms with E-state index in [9.17, 15) is 0 Å². The van der Waals surface area contributed by atoms with E-state index in [1.807, 2.05) is 18.2 Å². The SMILES string of the molecule is N=C(N)c1ccc(N(CCCO)C2CCC2)c(Br)c1. The lowest BCUT2D eigenvalue weighted by Crippen LogP contribution is -2.41. The molecular formula is C14H20BrN3O. The fraction of sp³-hybridized carbons (Fsp3) is 0.500. The van der Waals surface area contributed by atoms with Gasteiger partial charge in [0.2, 0.25) is 0 Å². The van der Waals surface area contributed by atoms with E-state index in [2.05, 4.69) is 20.8 Å². The second-order valence-electron chi connectivity index (χ2n) is 4.94. The number of rotatable bonds is 6. The largest absolute Gasteiger partial charge is 0.396 e. The van der Waals surface area contributed by atoms with E-state index in [1.165, 1.54) is 19.3 Å². The van der Waals surface area contributed by atoms with Gasteiger partial charge in [-0.05, 0) is 59.8 Å². The van der Waals surface area contributed by atoms with E-state index in [1.54, 1.807) is 0 Å².